The smallest absolute Gasteiger partial charge is 0.201 e. The van der Waals surface area contributed by atoms with E-state index in [0.29, 0.717) is 49.4 Å². The summed E-state index contributed by atoms with van der Waals surface area (Å²) in [5, 5.41) is 58.3. The third kappa shape index (κ3) is 4.97. The molecule has 12 heteroatoms. The van der Waals surface area contributed by atoms with Gasteiger partial charge in [-0.3, -0.25) is 14.8 Å². The fourth-order valence-electron chi connectivity index (χ4n) is 19.3. The first kappa shape index (κ1) is 43.9. The monoisotopic (exact) mass is 911 g/mol. The van der Waals surface area contributed by atoms with E-state index in [0.717, 1.165) is 86.1 Å². The quantitative estimate of drug-likeness (QED) is 0.224. The Kier molecular flexibility index (Phi) is 8.79. The Morgan fingerprint density at radius 3 is 1.95 bits per heavy atom. The number of rotatable bonds is 1. The molecular weight excluding hydrogens is 837 g/mol. The highest BCUT2D eigenvalue weighted by Gasteiger charge is 2.79. The summed E-state index contributed by atoms with van der Waals surface area (Å²) in [4.78, 5) is 26.1. The summed E-state index contributed by atoms with van der Waals surface area (Å²) in [6.07, 6.45) is 11.4. The molecule has 1 aromatic heterocycles. The maximum atomic E-state index is 14.9. The van der Waals surface area contributed by atoms with Gasteiger partial charge in [0.05, 0.1) is 58.7 Å². The lowest BCUT2D eigenvalue weighted by Crippen LogP contribution is -2.65. The lowest BCUT2D eigenvalue weighted by molar-refractivity contribution is -0.336. The Morgan fingerprint density at radius 2 is 1.35 bits per heavy atom. The SMILES string of the molecule is C[C@@H]1[C@H]2CC=C3[C@@H]4CC[C@H]5Cc6nc7c(nc6C[C@]5(C)[C@H]4CC(=O)[C@@]32CO[C@@]12OC(C)(C)C[C@H]2O)C[C@@H]1CC[C@H]2C3=C[C@@H]4O[C@]5(O[C@](C)(CO)C[C@H]5O)[C@@H](C)[C@]4(O)[C@@]3(C)[C@H](O)C[C@@H]2[C@@]1(C)C7. The molecule has 66 heavy (non-hydrogen) atoms. The lowest BCUT2D eigenvalue weighted by atomic mass is 9.44. The molecule has 12 nitrogen and oxygen atoms in total. The van der Waals surface area contributed by atoms with E-state index in [1.807, 2.05) is 27.7 Å². The van der Waals surface area contributed by atoms with Gasteiger partial charge >= 0.3 is 0 Å². The van der Waals surface area contributed by atoms with Crippen molar-refractivity contribution in [3.8, 4) is 0 Å². The number of aliphatic hydroxyl groups excluding tert-OH is 4. The topological polar surface area (TPSA) is 181 Å². The highest BCUT2D eigenvalue weighted by molar-refractivity contribution is 5.91. The molecule has 21 atom stereocenters. The number of aromatic nitrogens is 2. The van der Waals surface area contributed by atoms with Crippen LogP contribution in [0.4, 0.5) is 0 Å². The molecule has 8 aliphatic carbocycles. The summed E-state index contributed by atoms with van der Waals surface area (Å²) >= 11 is 0. The fraction of sp³-hybridized carbons (Fsp3) is 0.833. The van der Waals surface area contributed by atoms with E-state index < -0.39 is 69.5 Å². The zero-order chi connectivity index (χ0) is 46.3. The molecule has 0 bridgehead atoms. The Hall–Kier alpha value is -2.13. The second-order valence-corrected chi connectivity index (χ2v) is 26.1. The number of aliphatic hydroxyl groups is 5. The molecule has 0 radical (unpaired) electrons. The number of fused-ring (bicyclic) bond motifs is 13. The first-order valence-electron chi connectivity index (χ1n) is 26.0. The molecule has 1 aromatic rings. The van der Waals surface area contributed by atoms with Gasteiger partial charge < -0.3 is 44.5 Å². The number of carbonyl (C=O) groups is 1. The van der Waals surface area contributed by atoms with Gasteiger partial charge in [0.1, 0.15) is 29.7 Å². The van der Waals surface area contributed by atoms with Gasteiger partial charge in [0.15, 0.2) is 5.79 Å². The third-order valence-corrected chi connectivity index (χ3v) is 22.9. The Morgan fingerprint density at radius 1 is 0.727 bits per heavy atom. The molecule has 4 aliphatic heterocycles. The molecular formula is C54H74N2O10. The normalized spacial score (nSPS) is 56.8. The molecule has 0 aromatic carbocycles. The zero-order valence-corrected chi connectivity index (χ0v) is 40.4. The van der Waals surface area contributed by atoms with Gasteiger partial charge in [-0.05, 0) is 137 Å². The van der Waals surface area contributed by atoms with Crippen LogP contribution in [0, 0.1) is 74.9 Å². The highest BCUT2D eigenvalue weighted by atomic mass is 16.7. The minimum atomic E-state index is -1.49. The second kappa shape index (κ2) is 13.2. The first-order chi connectivity index (χ1) is 31.0. The van der Waals surface area contributed by atoms with Crippen LogP contribution in [0.25, 0.3) is 0 Å². The minimum Gasteiger partial charge on any atom is -0.393 e. The summed E-state index contributed by atoms with van der Waals surface area (Å²) in [6.45, 7) is 16.8. The van der Waals surface area contributed by atoms with Crippen molar-refractivity contribution < 1.29 is 49.3 Å². The van der Waals surface area contributed by atoms with E-state index in [1.54, 1.807) is 6.92 Å². The summed E-state index contributed by atoms with van der Waals surface area (Å²) in [6, 6.07) is 0. The predicted octanol–water partition coefficient (Wildman–Crippen LogP) is 5.50. The average molecular weight is 911 g/mol. The molecule has 0 amide bonds. The van der Waals surface area contributed by atoms with Gasteiger partial charge in [-0.15, -0.1) is 0 Å². The van der Waals surface area contributed by atoms with Crippen LogP contribution >= 0.6 is 0 Å². The van der Waals surface area contributed by atoms with E-state index in [9.17, 15) is 30.3 Å². The molecule has 4 saturated heterocycles. The maximum absolute atomic E-state index is 14.9. The molecule has 3 spiro atoms. The van der Waals surface area contributed by atoms with Gasteiger partial charge in [0.25, 0.3) is 0 Å². The van der Waals surface area contributed by atoms with Crippen LogP contribution in [0.15, 0.2) is 23.3 Å². The van der Waals surface area contributed by atoms with E-state index in [1.165, 1.54) is 5.57 Å². The van der Waals surface area contributed by atoms with Crippen molar-refractivity contribution >= 4 is 5.78 Å². The van der Waals surface area contributed by atoms with Crippen LogP contribution in [-0.4, -0.2) is 107 Å². The van der Waals surface area contributed by atoms with Crippen molar-refractivity contribution in [2.75, 3.05) is 13.2 Å². The summed E-state index contributed by atoms with van der Waals surface area (Å²) in [7, 11) is 0. The van der Waals surface area contributed by atoms with Crippen LogP contribution in [0.3, 0.4) is 0 Å². The molecule has 4 saturated carbocycles. The van der Waals surface area contributed by atoms with Crippen LogP contribution in [0.1, 0.15) is 136 Å². The van der Waals surface area contributed by atoms with Crippen LogP contribution in [0.2, 0.25) is 0 Å². The number of carbonyl (C=O) groups excluding carboxylic acids is 1. The largest absolute Gasteiger partial charge is 0.393 e. The molecule has 8 fully saturated rings. The Bertz CT molecular complexity index is 2390. The van der Waals surface area contributed by atoms with Crippen molar-refractivity contribution in [3.05, 3.63) is 46.1 Å². The second-order valence-electron chi connectivity index (χ2n) is 26.1. The lowest BCUT2D eigenvalue weighted by Gasteiger charge is -2.61. The van der Waals surface area contributed by atoms with Gasteiger partial charge in [-0.2, -0.15) is 0 Å². The summed E-state index contributed by atoms with van der Waals surface area (Å²) < 4.78 is 26.3. The zero-order valence-electron chi connectivity index (χ0n) is 40.4. The number of ketones is 1. The molecule has 0 unspecified atom stereocenters. The van der Waals surface area contributed by atoms with Crippen molar-refractivity contribution in [2.24, 2.45) is 74.9 Å². The van der Waals surface area contributed by atoms with E-state index in [4.69, 9.17) is 28.9 Å². The standard InChI is InChI=1S/C54H74N2O10/c1-26-32-13-14-33-30-11-9-28-15-37-40(21-49(28,7)35(30)18-42(59)51(32,33)25-63-53(26)43(60)22-46(3,4)65-53)56-38-16-29-10-12-31-34(48(29,6)20-39(38)55-37)17-41(58)50(8)36(31)19-45-52(50,62)27(2)54(64-45)44(61)23-47(5,24-57)66-54/h14,19,26-32,34-35,41,43-45,57-58,60-62H,9-13,15-18,20-25H2,1-8H3/t26-,27+,28+,29+,30+,31-,32-,34+,35+,41-,43-,44-,45+,47+,48+,49+,50-,51-,52-,53-,54+/m1/s1. The number of Topliss-reactive ketones (excluding diaryl/α,β-unsaturated/α-hetero) is 1. The maximum Gasteiger partial charge on any atom is 0.201 e. The fourth-order valence-corrected chi connectivity index (χ4v) is 19.3. The molecule has 13 rings (SSSR count). The van der Waals surface area contributed by atoms with Crippen molar-refractivity contribution in [1.29, 1.82) is 0 Å². The van der Waals surface area contributed by atoms with Gasteiger partial charge in [0, 0.05) is 36.5 Å². The van der Waals surface area contributed by atoms with E-state index >= 15 is 0 Å². The first-order valence-corrected chi connectivity index (χ1v) is 26.0. The van der Waals surface area contributed by atoms with Gasteiger partial charge in [-0.1, -0.05) is 57.9 Å². The number of hydrogen-bond acceptors (Lipinski definition) is 12. The van der Waals surface area contributed by atoms with Crippen molar-refractivity contribution in [1.82, 2.24) is 9.97 Å². The third-order valence-electron chi connectivity index (χ3n) is 22.9. The van der Waals surface area contributed by atoms with Gasteiger partial charge in [0.2, 0.25) is 5.79 Å². The minimum absolute atomic E-state index is 0.0632. The van der Waals surface area contributed by atoms with E-state index in [-0.39, 0.29) is 53.4 Å². The average Bonchev–Trinajstić information content (AvgIpc) is 3.98. The number of nitrogens with zero attached hydrogens (tertiary/aromatic N) is 2. The van der Waals surface area contributed by atoms with Crippen LogP contribution < -0.4 is 0 Å². The Labute approximate surface area is 389 Å². The Balaban J connectivity index is 0.762. The van der Waals surface area contributed by atoms with Crippen molar-refractivity contribution in [3.63, 3.8) is 0 Å². The molecule has 12 aliphatic rings. The molecule has 5 N–H and O–H groups in total. The summed E-state index contributed by atoms with van der Waals surface area (Å²) in [5.41, 5.74) is 2.15. The highest BCUT2D eigenvalue weighted by Crippen LogP contribution is 2.72. The summed E-state index contributed by atoms with van der Waals surface area (Å²) in [5.74, 6) is -1.19. The molecule has 5 heterocycles. The van der Waals surface area contributed by atoms with Crippen LogP contribution in [0.5, 0.6) is 0 Å². The predicted molar refractivity (Wildman–Crippen MR) is 240 cm³/mol. The number of ether oxygens (including phenoxy) is 4. The van der Waals surface area contributed by atoms with Crippen molar-refractivity contribution in [2.45, 2.75) is 192 Å². The number of hydrogen-bond donors (Lipinski definition) is 5. The molecule has 360 valence electrons. The number of allylic oxidation sites excluding steroid dienone is 1. The van der Waals surface area contributed by atoms with Crippen LogP contribution in [-0.2, 0) is 49.4 Å². The van der Waals surface area contributed by atoms with Gasteiger partial charge in [-0.25, -0.2) is 0 Å². The van der Waals surface area contributed by atoms with E-state index in [2.05, 4.69) is 32.9 Å².